The maximum Gasteiger partial charge on any atom is 0.261 e. The Morgan fingerprint density at radius 1 is 1.06 bits per heavy atom. The highest BCUT2D eigenvalue weighted by atomic mass is 16.2. The number of carbonyl (C=O) groups is 1. The van der Waals surface area contributed by atoms with Crippen molar-refractivity contribution in [3.05, 3.63) is 75.8 Å². The number of primary amides is 1. The molecule has 6 heteroatoms. The van der Waals surface area contributed by atoms with Crippen molar-refractivity contribution in [3.8, 4) is 0 Å². The lowest BCUT2D eigenvalue weighted by Gasteiger charge is -2.24. The van der Waals surface area contributed by atoms with Gasteiger partial charge in [-0.1, -0.05) is 64.1 Å². The Morgan fingerprint density at radius 2 is 1.71 bits per heavy atom. The summed E-state index contributed by atoms with van der Waals surface area (Å²) in [5.74, 6) is 0.793. The Balaban J connectivity index is 1.91. The third kappa shape index (κ3) is 5.20. The molecule has 164 valence electrons. The van der Waals surface area contributed by atoms with E-state index in [1.165, 1.54) is 15.7 Å². The average molecular weight is 421 g/mol. The number of fused-ring (bicyclic) bond motifs is 1. The fourth-order valence-corrected chi connectivity index (χ4v) is 3.88. The smallest absolute Gasteiger partial charge is 0.261 e. The number of nitrogens with two attached hydrogens (primary N) is 1. The first-order chi connectivity index (χ1) is 14.8. The standard InChI is InChI=1S/C25H32N4O2/c1-5-17(4)18-10-12-19(13-11-18)24(16(2)3)27-14-23-28-21-9-7-6-8-20(21)25(31)29(23)15-22(26)30/h6-13,16-17,24,27H,5,14-15H2,1-4H3,(H2,26,30)/t17-,24+/m0/s1. The Labute approximate surface area is 183 Å². The molecule has 1 aromatic heterocycles. The van der Waals surface area contributed by atoms with Crippen molar-refractivity contribution < 1.29 is 4.79 Å². The molecule has 0 saturated heterocycles. The van der Waals surface area contributed by atoms with Gasteiger partial charge in [0.25, 0.3) is 5.56 Å². The van der Waals surface area contributed by atoms with Crippen LogP contribution in [0, 0.1) is 5.92 Å². The molecule has 6 nitrogen and oxygen atoms in total. The van der Waals surface area contributed by atoms with E-state index in [-0.39, 0.29) is 18.1 Å². The molecular formula is C25H32N4O2. The topological polar surface area (TPSA) is 90.0 Å². The van der Waals surface area contributed by atoms with E-state index in [0.29, 0.717) is 35.1 Å². The maximum atomic E-state index is 13.0. The summed E-state index contributed by atoms with van der Waals surface area (Å²) in [5, 5.41) is 4.03. The van der Waals surface area contributed by atoms with Gasteiger partial charge in [0, 0.05) is 6.04 Å². The minimum Gasteiger partial charge on any atom is -0.368 e. The lowest BCUT2D eigenvalue weighted by atomic mass is 9.92. The number of hydrogen-bond donors (Lipinski definition) is 2. The average Bonchev–Trinajstić information content (AvgIpc) is 2.75. The van der Waals surface area contributed by atoms with Crippen LogP contribution in [0.1, 0.15) is 63.0 Å². The van der Waals surface area contributed by atoms with Gasteiger partial charge in [-0.2, -0.15) is 0 Å². The molecule has 0 fully saturated rings. The van der Waals surface area contributed by atoms with Gasteiger partial charge in [-0.05, 0) is 41.5 Å². The minimum atomic E-state index is -0.568. The van der Waals surface area contributed by atoms with Gasteiger partial charge >= 0.3 is 0 Å². The number of rotatable bonds is 9. The summed E-state index contributed by atoms with van der Waals surface area (Å²) >= 11 is 0. The Hall–Kier alpha value is -2.99. The fourth-order valence-electron chi connectivity index (χ4n) is 3.88. The molecule has 3 aromatic rings. The number of nitrogens with one attached hydrogen (secondary N) is 1. The molecule has 0 bridgehead atoms. The summed E-state index contributed by atoms with van der Waals surface area (Å²) in [6, 6.07) is 16.0. The summed E-state index contributed by atoms with van der Waals surface area (Å²) in [6.45, 7) is 8.90. The predicted molar refractivity (Wildman–Crippen MR) is 125 cm³/mol. The van der Waals surface area contributed by atoms with Crippen molar-refractivity contribution >= 4 is 16.8 Å². The van der Waals surface area contributed by atoms with Gasteiger partial charge in [0.2, 0.25) is 5.91 Å². The first-order valence-corrected chi connectivity index (χ1v) is 10.9. The van der Waals surface area contributed by atoms with Gasteiger partial charge in [-0.15, -0.1) is 0 Å². The van der Waals surface area contributed by atoms with Crippen LogP contribution in [0.5, 0.6) is 0 Å². The zero-order chi connectivity index (χ0) is 22.5. The maximum absolute atomic E-state index is 13.0. The van der Waals surface area contributed by atoms with Crippen molar-refractivity contribution in [2.45, 2.75) is 59.2 Å². The first kappa shape index (κ1) is 22.7. The van der Waals surface area contributed by atoms with Crippen LogP contribution < -0.4 is 16.6 Å². The number of hydrogen-bond acceptors (Lipinski definition) is 4. The van der Waals surface area contributed by atoms with Crippen LogP contribution >= 0.6 is 0 Å². The molecule has 0 unspecified atom stereocenters. The van der Waals surface area contributed by atoms with Gasteiger partial charge in [-0.25, -0.2) is 4.98 Å². The number of para-hydroxylation sites is 1. The van der Waals surface area contributed by atoms with Crippen LogP contribution in [-0.4, -0.2) is 15.5 Å². The van der Waals surface area contributed by atoms with Crippen LogP contribution in [0.3, 0.4) is 0 Å². The summed E-state index contributed by atoms with van der Waals surface area (Å²) in [6.07, 6.45) is 1.11. The van der Waals surface area contributed by atoms with Gasteiger partial charge < -0.3 is 11.1 Å². The van der Waals surface area contributed by atoms with Gasteiger partial charge in [0.1, 0.15) is 12.4 Å². The highest BCUT2D eigenvalue weighted by Gasteiger charge is 2.18. The highest BCUT2D eigenvalue weighted by molar-refractivity contribution is 5.78. The predicted octanol–water partition coefficient (Wildman–Crippen LogP) is 3.88. The van der Waals surface area contributed by atoms with E-state index in [2.05, 4.69) is 62.3 Å². The number of amides is 1. The van der Waals surface area contributed by atoms with Crippen molar-refractivity contribution in [1.29, 1.82) is 0 Å². The minimum absolute atomic E-state index is 0.0800. The highest BCUT2D eigenvalue weighted by Crippen LogP contribution is 2.25. The second-order valence-electron chi connectivity index (χ2n) is 8.48. The van der Waals surface area contributed by atoms with E-state index in [0.717, 1.165) is 6.42 Å². The van der Waals surface area contributed by atoms with E-state index < -0.39 is 5.91 Å². The van der Waals surface area contributed by atoms with E-state index in [1.54, 1.807) is 12.1 Å². The molecule has 0 radical (unpaired) electrons. The molecule has 2 atom stereocenters. The van der Waals surface area contributed by atoms with Crippen LogP contribution in [0.15, 0.2) is 53.3 Å². The molecule has 0 spiro atoms. The van der Waals surface area contributed by atoms with E-state index in [9.17, 15) is 9.59 Å². The van der Waals surface area contributed by atoms with E-state index >= 15 is 0 Å². The Kier molecular flexibility index (Phi) is 7.23. The van der Waals surface area contributed by atoms with Crippen molar-refractivity contribution in [3.63, 3.8) is 0 Å². The number of nitrogens with zero attached hydrogens (tertiary/aromatic N) is 2. The third-order valence-corrected chi connectivity index (χ3v) is 5.88. The molecular weight excluding hydrogens is 388 g/mol. The second-order valence-corrected chi connectivity index (χ2v) is 8.48. The van der Waals surface area contributed by atoms with Gasteiger partial charge in [0.05, 0.1) is 17.4 Å². The van der Waals surface area contributed by atoms with Gasteiger partial charge in [0.15, 0.2) is 0 Å². The molecule has 0 aliphatic carbocycles. The zero-order valence-corrected chi connectivity index (χ0v) is 18.8. The molecule has 1 amide bonds. The van der Waals surface area contributed by atoms with Gasteiger partial charge in [-0.3, -0.25) is 14.2 Å². The molecule has 2 aromatic carbocycles. The monoisotopic (exact) mass is 420 g/mol. The molecule has 0 aliphatic heterocycles. The molecule has 31 heavy (non-hydrogen) atoms. The quantitative estimate of drug-likeness (QED) is 0.550. The molecule has 3 rings (SSSR count). The summed E-state index contributed by atoms with van der Waals surface area (Å²) in [4.78, 5) is 29.2. The molecule has 1 heterocycles. The van der Waals surface area contributed by atoms with Crippen molar-refractivity contribution in [2.24, 2.45) is 11.7 Å². The van der Waals surface area contributed by atoms with Crippen LogP contribution in [-0.2, 0) is 17.9 Å². The summed E-state index contributed by atoms with van der Waals surface area (Å²) < 4.78 is 1.38. The van der Waals surface area contributed by atoms with Crippen LogP contribution in [0.25, 0.3) is 10.9 Å². The largest absolute Gasteiger partial charge is 0.368 e. The SMILES string of the molecule is CC[C@H](C)c1ccc([C@H](NCc2nc3ccccc3c(=O)n2CC(N)=O)C(C)C)cc1. The first-order valence-electron chi connectivity index (χ1n) is 10.9. The summed E-state index contributed by atoms with van der Waals surface area (Å²) in [5.41, 5.74) is 8.29. The number of carbonyl (C=O) groups excluding carboxylic acids is 1. The molecule has 3 N–H and O–H groups in total. The molecule has 0 saturated carbocycles. The molecule has 0 aliphatic rings. The number of aromatic nitrogens is 2. The van der Waals surface area contributed by atoms with Crippen LogP contribution in [0.2, 0.25) is 0 Å². The summed E-state index contributed by atoms with van der Waals surface area (Å²) in [7, 11) is 0. The second kappa shape index (κ2) is 9.88. The Bertz CT molecular complexity index is 1100. The van der Waals surface area contributed by atoms with Crippen molar-refractivity contribution in [1.82, 2.24) is 14.9 Å². The fraction of sp³-hybridized carbons (Fsp3) is 0.400. The van der Waals surface area contributed by atoms with E-state index in [1.807, 2.05) is 12.1 Å². The zero-order valence-electron chi connectivity index (χ0n) is 18.8. The normalized spacial score (nSPS) is 13.5. The van der Waals surface area contributed by atoms with E-state index in [4.69, 9.17) is 5.73 Å². The lowest BCUT2D eigenvalue weighted by molar-refractivity contribution is -0.118. The lowest BCUT2D eigenvalue weighted by Crippen LogP contribution is -2.34. The number of benzene rings is 2. The third-order valence-electron chi connectivity index (χ3n) is 5.88. The Morgan fingerprint density at radius 3 is 2.32 bits per heavy atom. The van der Waals surface area contributed by atoms with Crippen LogP contribution in [0.4, 0.5) is 0 Å². The van der Waals surface area contributed by atoms with Crippen molar-refractivity contribution in [2.75, 3.05) is 0 Å².